The lowest BCUT2D eigenvalue weighted by Gasteiger charge is -2.42. The summed E-state index contributed by atoms with van der Waals surface area (Å²) < 4.78 is 48.4. The van der Waals surface area contributed by atoms with E-state index < -0.39 is 47.9 Å². The Morgan fingerprint density at radius 3 is 2.53 bits per heavy atom. The van der Waals surface area contributed by atoms with E-state index in [-0.39, 0.29) is 11.8 Å². The molecule has 3 aliphatic heterocycles. The lowest BCUT2D eigenvalue weighted by Crippen LogP contribution is -2.56. The molecule has 0 aliphatic carbocycles. The first-order valence-corrected chi connectivity index (χ1v) is 10.2. The second-order valence-electron chi connectivity index (χ2n) is 8.98. The molecule has 0 radical (unpaired) electrons. The van der Waals surface area contributed by atoms with Crippen LogP contribution in [0.2, 0.25) is 5.15 Å². The fourth-order valence-corrected chi connectivity index (χ4v) is 4.63. The number of hydrogen-bond acceptors (Lipinski definition) is 8. The molecule has 0 amide bonds. The third-order valence-corrected chi connectivity index (χ3v) is 6.02. The first-order valence-electron chi connectivity index (χ1n) is 9.83. The number of nitrogens with zero attached hydrogens (tertiary/aromatic N) is 4. The van der Waals surface area contributed by atoms with E-state index in [1.54, 1.807) is 27.7 Å². The van der Waals surface area contributed by atoms with Gasteiger partial charge in [0.15, 0.2) is 34.3 Å². The fourth-order valence-electron chi connectivity index (χ4n) is 4.45. The number of halogens is 2. The number of aromatic nitrogens is 4. The highest BCUT2D eigenvalue weighted by atomic mass is 35.5. The third kappa shape index (κ3) is 3.12. The van der Waals surface area contributed by atoms with Gasteiger partial charge in [-0.3, -0.25) is 4.57 Å². The minimum Gasteiger partial charge on any atom is -0.348 e. The highest BCUT2D eigenvalue weighted by Crippen LogP contribution is 2.49. The van der Waals surface area contributed by atoms with Gasteiger partial charge in [0.1, 0.15) is 36.3 Å². The van der Waals surface area contributed by atoms with Crippen molar-refractivity contribution in [3.05, 3.63) is 17.8 Å². The Labute approximate surface area is 177 Å². The molecule has 5 rings (SSSR count). The van der Waals surface area contributed by atoms with Gasteiger partial charge in [-0.25, -0.2) is 19.3 Å². The van der Waals surface area contributed by atoms with Crippen LogP contribution in [0.3, 0.4) is 0 Å². The number of ether oxygens (including phenoxy) is 5. The number of fused-ring (bicyclic) bond motifs is 4. The molecule has 3 saturated heterocycles. The second kappa shape index (κ2) is 6.54. The Balaban J connectivity index is 1.63. The minimum atomic E-state index is -2.02. The Morgan fingerprint density at radius 2 is 1.77 bits per heavy atom. The predicted octanol–water partition coefficient (Wildman–Crippen LogP) is 2.78. The molecule has 3 fully saturated rings. The van der Waals surface area contributed by atoms with Crippen LogP contribution < -0.4 is 0 Å². The molecule has 6 atom stereocenters. The highest BCUT2D eigenvalue weighted by molar-refractivity contribution is 6.33. The van der Waals surface area contributed by atoms with Gasteiger partial charge in [0, 0.05) is 0 Å². The summed E-state index contributed by atoms with van der Waals surface area (Å²) in [7, 11) is 0. The largest absolute Gasteiger partial charge is 0.348 e. The smallest absolute Gasteiger partial charge is 0.181 e. The molecule has 0 aromatic carbocycles. The van der Waals surface area contributed by atoms with Crippen molar-refractivity contribution in [3.8, 4) is 0 Å². The summed E-state index contributed by atoms with van der Waals surface area (Å²) in [5, 5.41) is 0.177. The summed E-state index contributed by atoms with van der Waals surface area (Å²) in [5.74, 6) is -1.84. The van der Waals surface area contributed by atoms with Crippen LogP contribution in [0.5, 0.6) is 0 Å². The Morgan fingerprint density at radius 1 is 1.03 bits per heavy atom. The standard InChI is InChI=1S/C19H24ClFN4O5/c1-17(2)26-6-9-11(28-17)12-13(30-18(3,4)29-12)19(5,21)16(27-9)25-8-24-10-14(20)22-7-23-15(10)25/h7-9,11-13,16H,6H2,1-5H3/t9?,11-,12+,13?,16-,19-/m1/s1. The molecular weight excluding hydrogens is 419 g/mol. The summed E-state index contributed by atoms with van der Waals surface area (Å²) in [6.45, 7) is 8.76. The summed E-state index contributed by atoms with van der Waals surface area (Å²) in [5.41, 5.74) is -1.30. The first-order chi connectivity index (χ1) is 14.0. The molecule has 164 valence electrons. The van der Waals surface area contributed by atoms with Crippen LogP contribution >= 0.6 is 11.6 Å². The molecule has 11 heteroatoms. The van der Waals surface area contributed by atoms with Crippen molar-refractivity contribution in [2.24, 2.45) is 0 Å². The van der Waals surface area contributed by atoms with Crippen LogP contribution in [0.15, 0.2) is 12.7 Å². The average Bonchev–Trinajstić information content (AvgIpc) is 3.20. The lowest BCUT2D eigenvalue weighted by molar-refractivity contribution is -0.333. The maximum atomic E-state index is 16.6. The van der Waals surface area contributed by atoms with Gasteiger partial charge in [-0.05, 0) is 34.6 Å². The normalized spacial score (nSPS) is 40.0. The number of imidazole rings is 1. The molecule has 3 aliphatic rings. The molecule has 0 saturated carbocycles. The zero-order valence-electron chi connectivity index (χ0n) is 17.3. The second-order valence-corrected chi connectivity index (χ2v) is 9.34. The van der Waals surface area contributed by atoms with Crippen LogP contribution in [-0.2, 0) is 23.7 Å². The van der Waals surface area contributed by atoms with Crippen molar-refractivity contribution in [3.63, 3.8) is 0 Å². The van der Waals surface area contributed by atoms with Crippen molar-refractivity contribution in [1.29, 1.82) is 0 Å². The van der Waals surface area contributed by atoms with Gasteiger partial charge in [-0.15, -0.1) is 0 Å². The zero-order valence-corrected chi connectivity index (χ0v) is 18.1. The van der Waals surface area contributed by atoms with E-state index >= 15 is 4.39 Å². The molecule has 9 nitrogen and oxygen atoms in total. The van der Waals surface area contributed by atoms with Crippen molar-refractivity contribution >= 4 is 22.8 Å². The van der Waals surface area contributed by atoms with Gasteiger partial charge in [0.05, 0.1) is 12.9 Å². The predicted molar refractivity (Wildman–Crippen MR) is 102 cm³/mol. The van der Waals surface area contributed by atoms with Crippen LogP contribution in [0.4, 0.5) is 4.39 Å². The van der Waals surface area contributed by atoms with Gasteiger partial charge >= 0.3 is 0 Å². The van der Waals surface area contributed by atoms with E-state index in [9.17, 15) is 0 Å². The fraction of sp³-hybridized carbons (Fsp3) is 0.737. The summed E-state index contributed by atoms with van der Waals surface area (Å²) in [6, 6.07) is 0. The Hall–Kier alpha value is -1.43. The monoisotopic (exact) mass is 442 g/mol. The molecule has 5 heterocycles. The Bertz CT molecular complexity index is 983. The zero-order chi connectivity index (χ0) is 21.5. The lowest BCUT2D eigenvalue weighted by atomic mass is 9.91. The van der Waals surface area contributed by atoms with Crippen LogP contribution in [0, 0.1) is 0 Å². The van der Waals surface area contributed by atoms with E-state index in [1.807, 2.05) is 0 Å². The quantitative estimate of drug-likeness (QED) is 0.623. The number of hydrogen-bond donors (Lipinski definition) is 0. The van der Waals surface area contributed by atoms with Gasteiger partial charge in [0.2, 0.25) is 0 Å². The maximum absolute atomic E-state index is 16.6. The van der Waals surface area contributed by atoms with Crippen molar-refractivity contribution in [2.45, 2.75) is 82.5 Å². The highest BCUT2D eigenvalue weighted by Gasteiger charge is 2.63. The van der Waals surface area contributed by atoms with Gasteiger partial charge in [0.25, 0.3) is 0 Å². The molecule has 0 bridgehead atoms. The number of rotatable bonds is 1. The van der Waals surface area contributed by atoms with Gasteiger partial charge in [-0.1, -0.05) is 11.6 Å². The number of alkyl halides is 1. The van der Waals surface area contributed by atoms with Crippen LogP contribution in [0.1, 0.15) is 40.8 Å². The topological polar surface area (TPSA) is 89.8 Å². The summed E-state index contributed by atoms with van der Waals surface area (Å²) >= 11 is 6.14. The SMILES string of the molecule is CC1(C)OCC2O[C@@H](n3cnc4c(Cl)ncnc43)[C@](C)(F)C3OC(C)(C)O[C@H]3[C@@H]2O1. The van der Waals surface area contributed by atoms with E-state index in [1.165, 1.54) is 24.1 Å². The van der Waals surface area contributed by atoms with E-state index in [2.05, 4.69) is 15.0 Å². The molecule has 30 heavy (non-hydrogen) atoms. The van der Waals surface area contributed by atoms with Crippen molar-refractivity contribution in [2.75, 3.05) is 6.61 Å². The van der Waals surface area contributed by atoms with E-state index in [0.717, 1.165) is 0 Å². The molecule has 0 N–H and O–H groups in total. The van der Waals surface area contributed by atoms with Gasteiger partial charge in [-0.2, -0.15) is 0 Å². The molecule has 0 spiro atoms. The average molecular weight is 443 g/mol. The minimum absolute atomic E-state index is 0.177. The first kappa shape index (κ1) is 20.5. The van der Waals surface area contributed by atoms with Crippen LogP contribution in [0.25, 0.3) is 11.2 Å². The third-order valence-electron chi connectivity index (χ3n) is 5.74. The summed E-state index contributed by atoms with van der Waals surface area (Å²) in [4.78, 5) is 12.4. The van der Waals surface area contributed by atoms with E-state index in [0.29, 0.717) is 11.2 Å². The molecule has 2 unspecified atom stereocenters. The van der Waals surface area contributed by atoms with Gasteiger partial charge < -0.3 is 23.7 Å². The van der Waals surface area contributed by atoms with Crippen molar-refractivity contribution < 1.29 is 28.1 Å². The molecule has 2 aromatic rings. The Kier molecular flexibility index (Phi) is 4.46. The molecule has 2 aromatic heterocycles. The van der Waals surface area contributed by atoms with Crippen molar-refractivity contribution in [1.82, 2.24) is 19.5 Å². The maximum Gasteiger partial charge on any atom is 0.181 e. The van der Waals surface area contributed by atoms with Crippen LogP contribution in [-0.4, -0.2) is 67.8 Å². The van der Waals surface area contributed by atoms with E-state index in [4.69, 9.17) is 35.3 Å². The summed E-state index contributed by atoms with van der Waals surface area (Å²) in [6.07, 6.45) is -1.24. The molecular formula is C19H24ClFN4O5.